The second-order valence-electron chi connectivity index (χ2n) is 6.75. The molecular weight excluding hydrogens is 383 g/mol. The first kappa shape index (κ1) is 19.3. The lowest BCUT2D eigenvalue weighted by Crippen LogP contribution is -2.17. The molecule has 7 heteroatoms. The fourth-order valence-electron chi connectivity index (χ4n) is 3.10. The molecule has 1 amide bonds. The summed E-state index contributed by atoms with van der Waals surface area (Å²) in [4.78, 5) is 12.3. The monoisotopic (exact) mass is 402 g/mol. The molecule has 0 atom stereocenters. The summed E-state index contributed by atoms with van der Waals surface area (Å²) < 4.78 is 20.4. The molecule has 0 fully saturated rings. The van der Waals surface area contributed by atoms with E-state index in [2.05, 4.69) is 15.6 Å². The Morgan fingerprint density at radius 2 is 1.87 bits per heavy atom. The van der Waals surface area contributed by atoms with Gasteiger partial charge in [0.1, 0.15) is 23.0 Å². The van der Waals surface area contributed by atoms with Crippen LogP contribution in [0.25, 0.3) is 16.9 Å². The molecule has 1 N–H and O–H groups in total. The van der Waals surface area contributed by atoms with Gasteiger partial charge in [-0.05, 0) is 56.3 Å². The van der Waals surface area contributed by atoms with Crippen LogP contribution in [0.4, 0.5) is 4.39 Å². The van der Waals surface area contributed by atoms with Crippen molar-refractivity contribution in [3.63, 3.8) is 0 Å². The first-order valence-electron chi connectivity index (χ1n) is 9.33. The number of hydrazone groups is 1. The van der Waals surface area contributed by atoms with E-state index in [0.717, 1.165) is 11.3 Å². The molecule has 2 heterocycles. The number of aryl methyl sites for hydroxylation is 2. The largest absolute Gasteiger partial charge is 0.466 e. The molecular formula is C23H19FN4O2. The van der Waals surface area contributed by atoms with E-state index in [1.54, 1.807) is 42.9 Å². The molecule has 4 rings (SSSR count). The molecule has 2 aromatic heterocycles. The van der Waals surface area contributed by atoms with Gasteiger partial charge in [0.25, 0.3) is 5.91 Å². The van der Waals surface area contributed by atoms with Crippen LogP contribution in [-0.2, 0) is 0 Å². The Morgan fingerprint density at radius 1 is 1.13 bits per heavy atom. The molecule has 0 aliphatic carbocycles. The Kier molecular flexibility index (Phi) is 5.26. The van der Waals surface area contributed by atoms with Crippen LogP contribution < -0.4 is 5.43 Å². The topological polar surface area (TPSA) is 72.4 Å². The number of furan rings is 1. The van der Waals surface area contributed by atoms with Crippen LogP contribution in [0.1, 0.15) is 27.4 Å². The Morgan fingerprint density at radius 3 is 2.53 bits per heavy atom. The van der Waals surface area contributed by atoms with Crippen molar-refractivity contribution >= 4 is 12.1 Å². The van der Waals surface area contributed by atoms with E-state index in [0.29, 0.717) is 28.3 Å². The number of hydrogen-bond donors (Lipinski definition) is 1. The van der Waals surface area contributed by atoms with Gasteiger partial charge in [-0.25, -0.2) is 14.5 Å². The minimum Gasteiger partial charge on any atom is -0.466 e. The third kappa shape index (κ3) is 4.05. The van der Waals surface area contributed by atoms with Crippen LogP contribution in [0.2, 0.25) is 0 Å². The molecule has 6 nitrogen and oxygen atoms in total. The van der Waals surface area contributed by atoms with Gasteiger partial charge in [-0.15, -0.1) is 0 Å². The molecule has 0 saturated carbocycles. The number of rotatable bonds is 5. The van der Waals surface area contributed by atoms with E-state index >= 15 is 0 Å². The highest BCUT2D eigenvalue weighted by molar-refractivity contribution is 5.96. The number of hydrogen-bond acceptors (Lipinski definition) is 4. The van der Waals surface area contributed by atoms with Crippen molar-refractivity contribution in [3.8, 4) is 16.9 Å². The van der Waals surface area contributed by atoms with Crippen molar-refractivity contribution < 1.29 is 13.6 Å². The first-order chi connectivity index (χ1) is 14.5. The molecule has 4 aromatic rings. The first-order valence-corrected chi connectivity index (χ1v) is 9.33. The molecule has 0 unspecified atom stereocenters. The minimum atomic E-state index is -0.362. The van der Waals surface area contributed by atoms with Crippen LogP contribution >= 0.6 is 0 Å². The van der Waals surface area contributed by atoms with Crippen molar-refractivity contribution in [3.05, 3.63) is 95.3 Å². The summed E-state index contributed by atoms with van der Waals surface area (Å²) in [5, 5.41) is 8.71. The lowest BCUT2D eigenvalue weighted by atomic mass is 10.1. The number of benzene rings is 2. The maximum absolute atomic E-state index is 13.4. The SMILES string of the molecule is Cc1cc(C(=O)N/N=C\c2cn(-c3ccccc3)nc2-c2ccc(F)cc2)c(C)o1. The molecule has 0 bridgehead atoms. The van der Waals surface area contributed by atoms with E-state index in [4.69, 9.17) is 4.42 Å². The average molecular weight is 402 g/mol. The molecule has 30 heavy (non-hydrogen) atoms. The Bertz CT molecular complexity index is 1210. The van der Waals surface area contributed by atoms with E-state index < -0.39 is 0 Å². The number of nitrogens with one attached hydrogen (secondary N) is 1. The van der Waals surface area contributed by atoms with Gasteiger partial charge in [0.05, 0.1) is 17.5 Å². The van der Waals surface area contributed by atoms with Gasteiger partial charge in [-0.2, -0.15) is 10.2 Å². The lowest BCUT2D eigenvalue weighted by Gasteiger charge is -2.00. The molecule has 0 saturated heterocycles. The summed E-state index contributed by atoms with van der Waals surface area (Å²) in [6.45, 7) is 3.50. The van der Waals surface area contributed by atoms with Crippen LogP contribution in [0.3, 0.4) is 0 Å². The highest BCUT2D eigenvalue weighted by Crippen LogP contribution is 2.23. The number of nitrogens with zero attached hydrogens (tertiary/aromatic N) is 3. The summed E-state index contributed by atoms with van der Waals surface area (Å²) >= 11 is 0. The fourth-order valence-corrected chi connectivity index (χ4v) is 3.10. The van der Waals surface area contributed by atoms with E-state index in [1.807, 2.05) is 30.3 Å². The van der Waals surface area contributed by atoms with Gasteiger partial charge in [0.2, 0.25) is 0 Å². The van der Waals surface area contributed by atoms with Crippen molar-refractivity contribution in [1.29, 1.82) is 0 Å². The summed E-state index contributed by atoms with van der Waals surface area (Å²) in [5.41, 5.74) is 5.84. The second-order valence-corrected chi connectivity index (χ2v) is 6.75. The zero-order valence-electron chi connectivity index (χ0n) is 16.5. The van der Waals surface area contributed by atoms with Crippen LogP contribution in [0.15, 0.2) is 76.4 Å². The smallest absolute Gasteiger partial charge is 0.274 e. The molecule has 0 spiro atoms. The Balaban J connectivity index is 1.64. The second kappa shape index (κ2) is 8.16. The Labute approximate surface area is 172 Å². The highest BCUT2D eigenvalue weighted by Gasteiger charge is 2.14. The van der Waals surface area contributed by atoms with Crippen molar-refractivity contribution in [2.75, 3.05) is 0 Å². The number of carbonyl (C=O) groups is 1. The van der Waals surface area contributed by atoms with Crippen LogP contribution in [-0.4, -0.2) is 21.9 Å². The number of amides is 1. The Hall–Kier alpha value is -4.00. The predicted molar refractivity (Wildman–Crippen MR) is 112 cm³/mol. The van der Waals surface area contributed by atoms with Crippen LogP contribution in [0.5, 0.6) is 0 Å². The molecule has 0 radical (unpaired) electrons. The number of carbonyl (C=O) groups excluding carboxylic acids is 1. The molecule has 0 aliphatic rings. The minimum absolute atomic E-state index is 0.325. The maximum Gasteiger partial charge on any atom is 0.274 e. The zero-order valence-corrected chi connectivity index (χ0v) is 16.5. The van der Waals surface area contributed by atoms with Gasteiger partial charge >= 0.3 is 0 Å². The van der Waals surface area contributed by atoms with Crippen molar-refractivity contribution in [2.45, 2.75) is 13.8 Å². The summed E-state index contributed by atoms with van der Waals surface area (Å²) in [6.07, 6.45) is 3.32. The number of halogens is 1. The maximum atomic E-state index is 13.4. The van der Waals surface area contributed by atoms with Gasteiger partial charge in [0, 0.05) is 17.3 Å². The van der Waals surface area contributed by atoms with Gasteiger partial charge in [-0.1, -0.05) is 18.2 Å². The summed E-state index contributed by atoms with van der Waals surface area (Å²) in [7, 11) is 0. The predicted octanol–water partition coefficient (Wildman–Crippen LogP) is 4.65. The third-order valence-corrected chi connectivity index (χ3v) is 4.54. The molecule has 150 valence electrons. The fraction of sp³-hybridized carbons (Fsp3) is 0.0870. The van der Waals surface area contributed by atoms with E-state index in [9.17, 15) is 9.18 Å². The normalized spacial score (nSPS) is 11.2. The van der Waals surface area contributed by atoms with E-state index in [-0.39, 0.29) is 11.7 Å². The molecule has 2 aromatic carbocycles. The van der Waals surface area contributed by atoms with E-state index in [1.165, 1.54) is 18.3 Å². The third-order valence-electron chi connectivity index (χ3n) is 4.54. The lowest BCUT2D eigenvalue weighted by molar-refractivity contribution is 0.0953. The van der Waals surface area contributed by atoms with Gasteiger partial charge < -0.3 is 4.42 Å². The highest BCUT2D eigenvalue weighted by atomic mass is 19.1. The van der Waals surface area contributed by atoms with Crippen molar-refractivity contribution in [2.24, 2.45) is 5.10 Å². The summed E-state index contributed by atoms with van der Waals surface area (Å²) in [5.74, 6) is 0.502. The standard InChI is InChI=1S/C23H19FN4O2/c1-15-12-21(16(2)30-15)23(29)26-25-13-18-14-28(20-6-4-3-5-7-20)27-22(18)17-8-10-19(24)11-9-17/h3-14H,1-2H3,(H,26,29)/b25-13-. The van der Waals surface area contributed by atoms with Gasteiger partial charge in [-0.3, -0.25) is 4.79 Å². The van der Waals surface area contributed by atoms with Crippen LogP contribution in [0, 0.1) is 19.7 Å². The number of aromatic nitrogens is 2. The van der Waals surface area contributed by atoms with Crippen molar-refractivity contribution in [1.82, 2.24) is 15.2 Å². The number of para-hydroxylation sites is 1. The zero-order chi connectivity index (χ0) is 21.1. The molecule has 0 aliphatic heterocycles. The van der Waals surface area contributed by atoms with Gasteiger partial charge in [0.15, 0.2) is 0 Å². The quantitative estimate of drug-likeness (QED) is 0.390. The summed E-state index contributed by atoms with van der Waals surface area (Å²) in [6, 6.07) is 17.3. The average Bonchev–Trinajstić information content (AvgIpc) is 3.32.